The number of primary amides is 1. The topological polar surface area (TPSA) is 401 Å². The van der Waals surface area contributed by atoms with E-state index < -0.39 is 71.8 Å². The minimum atomic E-state index is -1.65. The lowest BCUT2D eigenvalue weighted by atomic mass is 10.0. The number of guanidine groups is 2. The number of carbonyl (C=O) groups excluding carboxylic acids is 5. The Labute approximate surface area is 281 Å². The zero-order chi connectivity index (χ0) is 37.1. The number of aliphatic hydroxyl groups excluding tert-OH is 1. The quantitative estimate of drug-likeness (QED) is 0.0288. The summed E-state index contributed by atoms with van der Waals surface area (Å²) < 4.78 is 0. The maximum atomic E-state index is 13.4. The number of imidazole rings is 1. The highest BCUT2D eigenvalue weighted by Gasteiger charge is 2.34. The van der Waals surface area contributed by atoms with Gasteiger partial charge in [0.25, 0.3) is 0 Å². The van der Waals surface area contributed by atoms with E-state index in [1.54, 1.807) is 0 Å². The number of nitrogens with one attached hydrogen (secondary N) is 5. The van der Waals surface area contributed by atoms with Gasteiger partial charge in [0.05, 0.1) is 18.5 Å². The molecule has 0 saturated carbocycles. The maximum absolute atomic E-state index is 13.4. The Morgan fingerprint density at radius 3 is 1.86 bits per heavy atom. The zero-order valence-electron chi connectivity index (χ0n) is 27.1. The van der Waals surface area contributed by atoms with Crippen LogP contribution in [0.15, 0.2) is 22.5 Å². The van der Waals surface area contributed by atoms with Crippen LogP contribution in [0.1, 0.15) is 51.1 Å². The summed E-state index contributed by atoms with van der Waals surface area (Å²) in [7, 11) is 0. The van der Waals surface area contributed by atoms with Gasteiger partial charge in [-0.1, -0.05) is 0 Å². The number of aliphatic carboxylic acids is 1. The largest absolute Gasteiger partial charge is 0.480 e. The molecule has 0 saturated heterocycles. The first-order valence-electron chi connectivity index (χ1n) is 15.3. The van der Waals surface area contributed by atoms with Crippen molar-refractivity contribution in [2.45, 2.75) is 88.2 Å². The van der Waals surface area contributed by atoms with Gasteiger partial charge in [-0.15, -0.1) is 0 Å². The van der Waals surface area contributed by atoms with Crippen molar-refractivity contribution in [1.82, 2.24) is 31.2 Å². The van der Waals surface area contributed by atoms with Crippen LogP contribution >= 0.6 is 0 Å². The number of aliphatic imine (C=N–C) groups is 2. The summed E-state index contributed by atoms with van der Waals surface area (Å²) in [5.74, 6) is -6.07. The smallest absolute Gasteiger partial charge is 0.326 e. The first-order valence-corrected chi connectivity index (χ1v) is 15.3. The number of hydrogen-bond acceptors (Lipinski definition) is 11. The molecule has 0 aliphatic carbocycles. The molecule has 0 bridgehead atoms. The fourth-order valence-electron chi connectivity index (χ4n) is 4.26. The Bertz CT molecular complexity index is 1310. The Hall–Kier alpha value is -5.51. The highest BCUT2D eigenvalue weighted by atomic mass is 16.4. The monoisotopic (exact) mass is 696 g/mol. The number of amides is 5. The van der Waals surface area contributed by atoms with Crippen LogP contribution < -0.4 is 55.7 Å². The minimum Gasteiger partial charge on any atom is -0.480 e. The Balaban J connectivity index is 3.16. The van der Waals surface area contributed by atoms with Gasteiger partial charge in [-0.25, -0.2) is 9.78 Å². The molecule has 5 amide bonds. The molecule has 6 atom stereocenters. The number of carboxylic acids is 1. The second kappa shape index (κ2) is 21.4. The molecule has 0 fully saturated rings. The van der Waals surface area contributed by atoms with Crippen molar-refractivity contribution in [2.24, 2.45) is 44.4 Å². The number of nitrogens with two attached hydrogens (primary N) is 6. The summed E-state index contributed by atoms with van der Waals surface area (Å²) in [5.41, 5.74) is 32.7. The molecular formula is C27H48N14O8. The molecule has 1 aromatic rings. The van der Waals surface area contributed by atoms with Crippen LogP contribution in [-0.4, -0.2) is 117 Å². The van der Waals surface area contributed by atoms with E-state index in [0.717, 1.165) is 0 Å². The first-order chi connectivity index (χ1) is 23.0. The average Bonchev–Trinajstić information content (AvgIpc) is 3.53. The number of carbonyl (C=O) groups is 6. The Kier molecular flexibility index (Phi) is 18.1. The van der Waals surface area contributed by atoms with Crippen LogP contribution in [0, 0.1) is 0 Å². The van der Waals surface area contributed by atoms with Crippen LogP contribution in [0.5, 0.6) is 0 Å². The van der Waals surface area contributed by atoms with Gasteiger partial charge in [0.2, 0.25) is 29.5 Å². The molecule has 0 radical (unpaired) electrons. The lowest BCUT2D eigenvalue weighted by Gasteiger charge is -2.27. The molecule has 0 aromatic carbocycles. The van der Waals surface area contributed by atoms with E-state index in [-0.39, 0.29) is 63.5 Å². The predicted molar refractivity (Wildman–Crippen MR) is 176 cm³/mol. The van der Waals surface area contributed by atoms with Gasteiger partial charge in [0, 0.05) is 37.8 Å². The van der Waals surface area contributed by atoms with Crippen molar-refractivity contribution < 1.29 is 39.0 Å². The van der Waals surface area contributed by atoms with Crippen LogP contribution in [-0.2, 0) is 35.2 Å². The van der Waals surface area contributed by atoms with Gasteiger partial charge < -0.3 is 70.9 Å². The van der Waals surface area contributed by atoms with E-state index in [4.69, 9.17) is 34.4 Å². The van der Waals surface area contributed by atoms with Crippen LogP contribution in [0.3, 0.4) is 0 Å². The molecule has 274 valence electrons. The van der Waals surface area contributed by atoms with E-state index in [2.05, 4.69) is 41.2 Å². The van der Waals surface area contributed by atoms with E-state index in [1.807, 2.05) is 0 Å². The third kappa shape index (κ3) is 16.7. The first kappa shape index (κ1) is 41.5. The summed E-state index contributed by atoms with van der Waals surface area (Å²) in [5, 5.41) is 29.6. The Morgan fingerprint density at radius 2 is 1.35 bits per heavy atom. The minimum absolute atomic E-state index is 0.00401. The molecule has 49 heavy (non-hydrogen) atoms. The summed E-state index contributed by atoms with van der Waals surface area (Å²) in [6, 6.07) is -6.91. The average molecular weight is 697 g/mol. The van der Waals surface area contributed by atoms with E-state index in [9.17, 15) is 39.0 Å². The molecule has 1 aromatic heterocycles. The molecule has 22 heteroatoms. The fraction of sp³-hybridized carbons (Fsp3) is 0.593. The van der Waals surface area contributed by atoms with E-state index in [0.29, 0.717) is 12.1 Å². The van der Waals surface area contributed by atoms with Gasteiger partial charge >= 0.3 is 5.97 Å². The lowest BCUT2D eigenvalue weighted by molar-refractivity contribution is -0.142. The highest BCUT2D eigenvalue weighted by molar-refractivity contribution is 5.95. The van der Waals surface area contributed by atoms with Crippen molar-refractivity contribution >= 4 is 47.4 Å². The molecule has 22 nitrogen and oxygen atoms in total. The fourth-order valence-corrected chi connectivity index (χ4v) is 4.26. The number of H-pyrrole nitrogens is 1. The summed E-state index contributed by atoms with van der Waals surface area (Å²) >= 11 is 0. The second-order valence-corrected chi connectivity index (χ2v) is 11.0. The van der Waals surface area contributed by atoms with Crippen LogP contribution in [0.25, 0.3) is 0 Å². The number of aromatic nitrogens is 2. The summed E-state index contributed by atoms with van der Waals surface area (Å²) in [6.45, 7) is 1.53. The molecule has 0 aliphatic heterocycles. The van der Waals surface area contributed by atoms with Crippen molar-refractivity contribution in [3.8, 4) is 0 Å². The maximum Gasteiger partial charge on any atom is 0.326 e. The Morgan fingerprint density at radius 1 is 0.796 bits per heavy atom. The van der Waals surface area contributed by atoms with Crippen molar-refractivity contribution in [1.29, 1.82) is 0 Å². The van der Waals surface area contributed by atoms with Crippen molar-refractivity contribution in [3.05, 3.63) is 18.2 Å². The SMILES string of the molecule is CC(O)C(NC(=O)C(CCCN=C(N)N)NC(=O)C(N)CCCN=C(N)N)C(=O)NC(Cc1cnc[nH]1)C(=O)NC(CCC(N)=O)C(=O)O. The number of aliphatic hydroxyl groups is 1. The molecule has 6 unspecified atom stereocenters. The number of aromatic amines is 1. The standard InChI is InChI=1S/C27H48N14O8/c1-13(42)20(24(47)40-18(10-14-11-34-12-37-14)23(46)39-17(25(48)49)6-7-19(29)43)41-22(45)16(5-3-9-36-27(32)33)38-21(44)15(28)4-2-8-35-26(30)31/h11-13,15-18,20,42H,2-10,28H2,1H3,(H2,29,43)(H,34,37)(H,38,44)(H,39,46)(H,40,47)(H,41,45)(H,48,49)(H4,30,31,35)(H4,32,33,36). The molecule has 0 spiro atoms. The number of hydrogen-bond donors (Lipinski definition) is 13. The summed E-state index contributed by atoms with van der Waals surface area (Å²) in [4.78, 5) is 90.1. The number of carboxylic acid groups (broad SMARTS) is 1. The molecular weight excluding hydrogens is 648 g/mol. The van der Waals surface area contributed by atoms with Crippen LogP contribution in [0.4, 0.5) is 0 Å². The summed E-state index contributed by atoms with van der Waals surface area (Å²) in [6.07, 6.45) is 1.06. The third-order valence-electron chi connectivity index (χ3n) is 6.85. The zero-order valence-corrected chi connectivity index (χ0v) is 27.1. The highest BCUT2D eigenvalue weighted by Crippen LogP contribution is 2.07. The van der Waals surface area contributed by atoms with Gasteiger partial charge in [-0.3, -0.25) is 34.0 Å². The van der Waals surface area contributed by atoms with Gasteiger partial charge in [0.15, 0.2) is 11.9 Å². The van der Waals surface area contributed by atoms with E-state index >= 15 is 0 Å². The molecule has 0 aliphatic rings. The normalized spacial score (nSPS) is 14.4. The molecule has 1 rings (SSSR count). The van der Waals surface area contributed by atoms with E-state index in [1.165, 1.54) is 19.4 Å². The van der Waals surface area contributed by atoms with Gasteiger partial charge in [-0.05, 0) is 39.0 Å². The van der Waals surface area contributed by atoms with Gasteiger partial charge in [0.1, 0.15) is 24.2 Å². The predicted octanol–water partition coefficient (Wildman–Crippen LogP) is -5.94. The number of nitrogens with zero attached hydrogens (tertiary/aromatic N) is 3. The molecule has 19 N–H and O–H groups in total. The number of rotatable bonds is 23. The lowest BCUT2D eigenvalue weighted by Crippen LogP contribution is -2.61. The van der Waals surface area contributed by atoms with Gasteiger partial charge in [-0.2, -0.15) is 0 Å². The second-order valence-electron chi connectivity index (χ2n) is 11.0. The molecule has 1 heterocycles. The van der Waals surface area contributed by atoms with Crippen LogP contribution in [0.2, 0.25) is 0 Å². The third-order valence-corrected chi connectivity index (χ3v) is 6.85. The van der Waals surface area contributed by atoms with Crippen molar-refractivity contribution in [2.75, 3.05) is 13.1 Å². The van der Waals surface area contributed by atoms with Crippen molar-refractivity contribution in [3.63, 3.8) is 0 Å².